The number of aromatic hydroxyl groups is 1. The Morgan fingerprint density at radius 1 is 0.917 bits per heavy atom. The van der Waals surface area contributed by atoms with E-state index >= 15 is 0 Å². The summed E-state index contributed by atoms with van der Waals surface area (Å²) in [6, 6.07) is 9.53. The van der Waals surface area contributed by atoms with Gasteiger partial charge in [-0.3, -0.25) is 4.79 Å². The minimum absolute atomic E-state index is 0.116. The van der Waals surface area contributed by atoms with Crippen molar-refractivity contribution in [1.82, 2.24) is 0 Å². The highest BCUT2D eigenvalue weighted by atomic mass is 16.3. The predicted molar refractivity (Wildman–Crippen MR) is 99.0 cm³/mol. The predicted octanol–water partition coefficient (Wildman–Crippen LogP) is 5.53. The molecule has 0 aromatic heterocycles. The van der Waals surface area contributed by atoms with E-state index in [0.717, 1.165) is 29.4 Å². The van der Waals surface area contributed by atoms with Crippen LogP contribution in [0.2, 0.25) is 0 Å². The third-order valence-electron chi connectivity index (χ3n) is 5.64. The van der Waals surface area contributed by atoms with Crippen molar-refractivity contribution in [2.75, 3.05) is 0 Å². The number of phenolic OH excluding ortho intramolecular Hbond substituents is 1. The summed E-state index contributed by atoms with van der Waals surface area (Å²) in [6.07, 6.45) is 3.15. The highest BCUT2D eigenvalue weighted by Gasteiger charge is 2.37. The monoisotopic (exact) mass is 322 g/mol. The SMILES string of the molecule is Cc1cc2c(cc1-c1cc(C=O)ccc1O)C(C)(C)CCC2(C)C. The lowest BCUT2D eigenvalue weighted by Gasteiger charge is -2.42. The first kappa shape index (κ1) is 16.8. The smallest absolute Gasteiger partial charge is 0.150 e. The fraction of sp³-hybridized carbons (Fsp3) is 0.409. The Bertz CT molecular complexity index is 813. The number of benzene rings is 2. The van der Waals surface area contributed by atoms with E-state index in [0.29, 0.717) is 5.56 Å². The van der Waals surface area contributed by atoms with Gasteiger partial charge in [0.2, 0.25) is 0 Å². The van der Waals surface area contributed by atoms with Crippen molar-refractivity contribution in [1.29, 1.82) is 0 Å². The molecule has 2 aromatic carbocycles. The van der Waals surface area contributed by atoms with Gasteiger partial charge in [-0.15, -0.1) is 0 Å². The van der Waals surface area contributed by atoms with Crippen molar-refractivity contribution in [3.63, 3.8) is 0 Å². The number of rotatable bonds is 2. The normalized spacial score (nSPS) is 18.0. The summed E-state index contributed by atoms with van der Waals surface area (Å²) < 4.78 is 0. The summed E-state index contributed by atoms with van der Waals surface area (Å²) in [4.78, 5) is 11.1. The van der Waals surface area contributed by atoms with Gasteiger partial charge < -0.3 is 5.11 Å². The average Bonchev–Trinajstić information content (AvgIpc) is 2.52. The molecule has 0 atom stereocenters. The van der Waals surface area contributed by atoms with Crippen LogP contribution in [0.25, 0.3) is 11.1 Å². The molecule has 24 heavy (non-hydrogen) atoms. The summed E-state index contributed by atoms with van der Waals surface area (Å²) in [5.41, 5.74) is 6.52. The fourth-order valence-corrected chi connectivity index (χ4v) is 3.85. The van der Waals surface area contributed by atoms with Gasteiger partial charge in [-0.1, -0.05) is 33.8 Å². The maximum absolute atomic E-state index is 11.1. The van der Waals surface area contributed by atoms with Gasteiger partial charge in [0.05, 0.1) is 0 Å². The standard InChI is InChI=1S/C22H26O2/c1-14-10-18-19(22(4,5)9-8-21(18,2)3)12-16(14)17-11-15(13-23)6-7-20(17)24/h6-7,10-13,24H,8-9H2,1-5H3. The van der Waals surface area contributed by atoms with Crippen LogP contribution in [0.15, 0.2) is 30.3 Å². The molecule has 1 aliphatic rings. The molecule has 1 aliphatic carbocycles. The lowest BCUT2D eigenvalue weighted by molar-refractivity contribution is 0.112. The van der Waals surface area contributed by atoms with Crippen LogP contribution in [0.5, 0.6) is 5.75 Å². The summed E-state index contributed by atoms with van der Waals surface area (Å²) in [5, 5.41) is 10.3. The van der Waals surface area contributed by atoms with Crippen LogP contribution in [-0.2, 0) is 10.8 Å². The quantitative estimate of drug-likeness (QED) is 0.738. The molecule has 1 N–H and O–H groups in total. The Kier molecular flexibility index (Phi) is 3.82. The van der Waals surface area contributed by atoms with Gasteiger partial charge in [-0.2, -0.15) is 0 Å². The molecule has 3 rings (SSSR count). The van der Waals surface area contributed by atoms with Gasteiger partial charge >= 0.3 is 0 Å². The van der Waals surface area contributed by atoms with Crippen molar-refractivity contribution >= 4 is 6.29 Å². The Labute approximate surface area is 144 Å². The van der Waals surface area contributed by atoms with Gasteiger partial charge in [0.1, 0.15) is 12.0 Å². The molecule has 0 aliphatic heterocycles. The Hall–Kier alpha value is -2.09. The number of aldehydes is 1. The second-order valence-corrected chi connectivity index (χ2v) is 8.37. The van der Waals surface area contributed by atoms with Crippen LogP contribution in [0.3, 0.4) is 0 Å². The van der Waals surface area contributed by atoms with Crippen LogP contribution in [0.1, 0.15) is 67.6 Å². The summed E-state index contributed by atoms with van der Waals surface area (Å²) in [6.45, 7) is 11.3. The van der Waals surface area contributed by atoms with E-state index < -0.39 is 0 Å². The molecule has 0 heterocycles. The molecule has 0 saturated heterocycles. The minimum atomic E-state index is 0.116. The molecule has 2 nitrogen and oxygen atoms in total. The molecule has 0 spiro atoms. The van der Waals surface area contributed by atoms with Gasteiger partial charge in [0.15, 0.2) is 0 Å². The van der Waals surface area contributed by atoms with Crippen LogP contribution in [0.4, 0.5) is 0 Å². The topological polar surface area (TPSA) is 37.3 Å². The maximum atomic E-state index is 11.1. The van der Waals surface area contributed by atoms with Crippen LogP contribution in [-0.4, -0.2) is 11.4 Å². The van der Waals surface area contributed by atoms with Crippen LogP contribution >= 0.6 is 0 Å². The summed E-state index contributed by atoms with van der Waals surface area (Å²) in [7, 11) is 0. The molecule has 2 aromatic rings. The van der Waals surface area contributed by atoms with Crippen molar-refractivity contribution in [2.24, 2.45) is 0 Å². The Morgan fingerprint density at radius 3 is 2.08 bits per heavy atom. The lowest BCUT2D eigenvalue weighted by atomic mass is 9.62. The third kappa shape index (κ3) is 2.64. The third-order valence-corrected chi connectivity index (χ3v) is 5.64. The molecule has 0 fully saturated rings. The van der Waals surface area contributed by atoms with Crippen LogP contribution in [0, 0.1) is 6.92 Å². The molecule has 0 radical (unpaired) electrons. The van der Waals surface area contributed by atoms with Gasteiger partial charge in [-0.25, -0.2) is 0 Å². The Morgan fingerprint density at radius 2 is 1.50 bits per heavy atom. The number of aryl methyl sites for hydroxylation is 1. The maximum Gasteiger partial charge on any atom is 0.150 e. The zero-order valence-corrected chi connectivity index (χ0v) is 15.2. The first-order valence-corrected chi connectivity index (χ1v) is 8.60. The van der Waals surface area contributed by atoms with E-state index in [-0.39, 0.29) is 16.6 Å². The molecule has 2 heteroatoms. The molecular formula is C22H26O2. The van der Waals surface area contributed by atoms with E-state index in [2.05, 4.69) is 46.8 Å². The minimum Gasteiger partial charge on any atom is -0.507 e. The first-order chi connectivity index (χ1) is 11.2. The van der Waals surface area contributed by atoms with Crippen molar-refractivity contribution in [3.8, 4) is 16.9 Å². The van der Waals surface area contributed by atoms with Gasteiger partial charge in [-0.05, 0) is 77.1 Å². The highest BCUT2D eigenvalue weighted by Crippen LogP contribution is 2.48. The number of hydrogen-bond donors (Lipinski definition) is 1. The number of carbonyl (C=O) groups excluding carboxylic acids is 1. The van der Waals surface area contributed by atoms with Crippen molar-refractivity contribution < 1.29 is 9.90 Å². The van der Waals surface area contributed by atoms with E-state index in [1.165, 1.54) is 17.5 Å². The van der Waals surface area contributed by atoms with E-state index in [1.807, 2.05) is 0 Å². The number of phenols is 1. The molecular weight excluding hydrogens is 296 g/mol. The zero-order valence-electron chi connectivity index (χ0n) is 15.2. The Balaban J connectivity index is 2.28. The largest absolute Gasteiger partial charge is 0.507 e. The fourth-order valence-electron chi connectivity index (χ4n) is 3.85. The second kappa shape index (κ2) is 5.47. The summed E-state index contributed by atoms with van der Waals surface area (Å²) in [5.74, 6) is 0.219. The van der Waals surface area contributed by atoms with Gasteiger partial charge in [0, 0.05) is 11.1 Å². The molecule has 0 saturated carbocycles. The summed E-state index contributed by atoms with van der Waals surface area (Å²) >= 11 is 0. The van der Waals surface area contributed by atoms with Crippen LogP contribution < -0.4 is 0 Å². The number of fused-ring (bicyclic) bond motifs is 1. The molecule has 0 amide bonds. The zero-order chi connectivity index (χ0) is 17.7. The number of carbonyl (C=O) groups is 1. The molecule has 0 bridgehead atoms. The number of hydrogen-bond acceptors (Lipinski definition) is 2. The first-order valence-electron chi connectivity index (χ1n) is 8.60. The van der Waals surface area contributed by atoms with Crippen molar-refractivity contribution in [2.45, 2.75) is 58.3 Å². The highest BCUT2D eigenvalue weighted by molar-refractivity contribution is 5.83. The molecule has 0 unspecified atom stereocenters. The van der Waals surface area contributed by atoms with E-state index in [4.69, 9.17) is 0 Å². The van der Waals surface area contributed by atoms with E-state index in [9.17, 15) is 9.90 Å². The second-order valence-electron chi connectivity index (χ2n) is 8.37. The lowest BCUT2D eigenvalue weighted by Crippen LogP contribution is -2.34. The average molecular weight is 322 g/mol. The molecule has 126 valence electrons. The van der Waals surface area contributed by atoms with E-state index in [1.54, 1.807) is 18.2 Å². The van der Waals surface area contributed by atoms with Crippen molar-refractivity contribution in [3.05, 3.63) is 52.6 Å². The van der Waals surface area contributed by atoms with Gasteiger partial charge in [0.25, 0.3) is 0 Å².